The Hall–Kier alpha value is -2.42. The standard InChI is InChI=1S/C23H19BrN4OS2/c1-15(17-5-3-2-4-6-17)13-27-21(29)20-19(11-12-30-20)28-22(27)25-26-23(28)31-14-16-7-9-18(24)10-8-16/h2-12,15H,13-14H2,1H3/t15-/m0/s1. The minimum atomic E-state index is -0.00265. The SMILES string of the molecule is C[C@@H](Cn1c(=O)c2sccc2n2c(SCc3ccc(Br)cc3)nnc12)c1ccccc1. The molecule has 0 fully saturated rings. The first-order chi connectivity index (χ1) is 15.1. The number of hydrogen-bond donors (Lipinski definition) is 0. The molecule has 8 heteroatoms. The second kappa shape index (κ2) is 8.61. The van der Waals surface area contributed by atoms with Crippen molar-refractivity contribution in [1.29, 1.82) is 0 Å². The van der Waals surface area contributed by atoms with Gasteiger partial charge in [0.15, 0.2) is 5.16 Å². The first-order valence-electron chi connectivity index (χ1n) is 9.89. The minimum Gasteiger partial charge on any atom is -0.275 e. The van der Waals surface area contributed by atoms with E-state index in [-0.39, 0.29) is 11.5 Å². The lowest BCUT2D eigenvalue weighted by Crippen LogP contribution is -2.24. The number of hydrogen-bond acceptors (Lipinski definition) is 5. The van der Waals surface area contributed by atoms with E-state index in [1.165, 1.54) is 22.5 Å². The molecule has 0 amide bonds. The normalized spacial score (nSPS) is 12.6. The van der Waals surface area contributed by atoms with Crippen molar-refractivity contribution in [3.63, 3.8) is 0 Å². The molecule has 0 radical (unpaired) electrons. The molecule has 0 unspecified atom stereocenters. The summed E-state index contributed by atoms with van der Waals surface area (Å²) in [5, 5.41) is 11.6. The van der Waals surface area contributed by atoms with Gasteiger partial charge in [-0.25, -0.2) is 0 Å². The van der Waals surface area contributed by atoms with Crippen LogP contribution in [-0.4, -0.2) is 19.2 Å². The lowest BCUT2D eigenvalue weighted by atomic mass is 10.0. The molecule has 3 heterocycles. The van der Waals surface area contributed by atoms with E-state index < -0.39 is 0 Å². The average molecular weight is 511 g/mol. The second-order valence-electron chi connectivity index (χ2n) is 7.40. The minimum absolute atomic E-state index is 0.00265. The van der Waals surface area contributed by atoms with Crippen LogP contribution in [0.4, 0.5) is 0 Å². The number of thioether (sulfide) groups is 1. The smallest absolute Gasteiger partial charge is 0.272 e. The van der Waals surface area contributed by atoms with Crippen LogP contribution in [0.2, 0.25) is 0 Å². The number of halogens is 1. The van der Waals surface area contributed by atoms with Gasteiger partial charge in [-0.3, -0.25) is 13.8 Å². The number of thiophene rings is 1. The zero-order chi connectivity index (χ0) is 21.4. The van der Waals surface area contributed by atoms with E-state index in [1.807, 2.05) is 46.2 Å². The average Bonchev–Trinajstić information content (AvgIpc) is 3.44. The number of rotatable bonds is 6. The van der Waals surface area contributed by atoms with Crippen LogP contribution in [0.3, 0.4) is 0 Å². The predicted octanol–water partition coefficient (Wildman–Crippen LogP) is 5.96. The summed E-state index contributed by atoms with van der Waals surface area (Å²) in [6, 6.07) is 20.5. The van der Waals surface area contributed by atoms with Gasteiger partial charge in [0.25, 0.3) is 5.56 Å². The van der Waals surface area contributed by atoms with Crippen molar-refractivity contribution in [2.24, 2.45) is 0 Å². The quantitative estimate of drug-likeness (QED) is 0.264. The highest BCUT2D eigenvalue weighted by Gasteiger charge is 2.19. The summed E-state index contributed by atoms with van der Waals surface area (Å²) in [6.07, 6.45) is 0. The molecule has 5 nitrogen and oxygen atoms in total. The Balaban J connectivity index is 1.55. The molecule has 1 atom stereocenters. The number of nitrogens with zero attached hydrogens (tertiary/aromatic N) is 4. The van der Waals surface area contributed by atoms with Gasteiger partial charge in [-0.1, -0.05) is 77.1 Å². The summed E-state index contributed by atoms with van der Waals surface area (Å²) < 4.78 is 5.59. The zero-order valence-corrected chi connectivity index (χ0v) is 20.0. The maximum atomic E-state index is 13.3. The van der Waals surface area contributed by atoms with Crippen molar-refractivity contribution in [3.8, 4) is 0 Å². The number of benzene rings is 2. The molecule has 0 spiro atoms. The van der Waals surface area contributed by atoms with Crippen LogP contribution < -0.4 is 5.56 Å². The van der Waals surface area contributed by atoms with Gasteiger partial charge >= 0.3 is 0 Å². The maximum absolute atomic E-state index is 13.3. The first-order valence-corrected chi connectivity index (χ1v) is 12.5. The van der Waals surface area contributed by atoms with E-state index in [0.29, 0.717) is 12.3 Å². The third kappa shape index (κ3) is 3.95. The molecule has 0 saturated carbocycles. The monoisotopic (exact) mass is 510 g/mol. The maximum Gasteiger partial charge on any atom is 0.272 e. The molecule has 3 aromatic heterocycles. The third-order valence-electron chi connectivity index (χ3n) is 5.29. The molecular formula is C23H19BrN4OS2. The molecule has 0 aliphatic carbocycles. The summed E-state index contributed by atoms with van der Waals surface area (Å²) in [7, 11) is 0. The second-order valence-corrected chi connectivity index (χ2v) is 10.2. The topological polar surface area (TPSA) is 52.2 Å². The van der Waals surface area contributed by atoms with Crippen molar-refractivity contribution in [1.82, 2.24) is 19.2 Å². The van der Waals surface area contributed by atoms with E-state index in [1.54, 1.807) is 16.3 Å². The van der Waals surface area contributed by atoms with Gasteiger partial charge in [-0.15, -0.1) is 21.5 Å². The van der Waals surface area contributed by atoms with Crippen molar-refractivity contribution in [2.45, 2.75) is 30.3 Å². The molecular weight excluding hydrogens is 492 g/mol. The van der Waals surface area contributed by atoms with E-state index >= 15 is 0 Å². The van der Waals surface area contributed by atoms with Crippen LogP contribution in [-0.2, 0) is 12.3 Å². The molecule has 0 saturated heterocycles. The Morgan fingerprint density at radius 3 is 2.61 bits per heavy atom. The van der Waals surface area contributed by atoms with Crippen LogP contribution in [0, 0.1) is 0 Å². The van der Waals surface area contributed by atoms with Gasteiger partial charge in [0.05, 0.1) is 5.52 Å². The van der Waals surface area contributed by atoms with Crippen LogP contribution in [0.5, 0.6) is 0 Å². The predicted molar refractivity (Wildman–Crippen MR) is 131 cm³/mol. The summed E-state index contributed by atoms with van der Waals surface area (Å²) >= 11 is 6.57. The van der Waals surface area contributed by atoms with Crippen molar-refractivity contribution in [3.05, 3.63) is 92.0 Å². The lowest BCUT2D eigenvalue weighted by Gasteiger charge is -2.15. The zero-order valence-electron chi connectivity index (χ0n) is 16.7. The summed E-state index contributed by atoms with van der Waals surface area (Å²) in [4.78, 5) is 13.3. The molecule has 31 heavy (non-hydrogen) atoms. The lowest BCUT2D eigenvalue weighted by molar-refractivity contribution is 0.588. The summed E-state index contributed by atoms with van der Waals surface area (Å²) in [6.45, 7) is 2.69. The van der Waals surface area contributed by atoms with E-state index in [4.69, 9.17) is 0 Å². The molecule has 156 valence electrons. The van der Waals surface area contributed by atoms with Crippen LogP contribution in [0.15, 0.2) is 80.5 Å². The fourth-order valence-corrected chi connectivity index (χ4v) is 5.63. The molecule has 5 aromatic rings. The number of fused-ring (bicyclic) bond motifs is 3. The third-order valence-corrected chi connectivity index (χ3v) is 7.71. The molecule has 0 N–H and O–H groups in total. The number of aromatic nitrogens is 4. The Bertz CT molecular complexity index is 1410. The van der Waals surface area contributed by atoms with Gasteiger partial charge in [-0.2, -0.15) is 0 Å². The Morgan fingerprint density at radius 2 is 1.84 bits per heavy atom. The molecule has 5 rings (SSSR count). The van der Waals surface area contributed by atoms with Crippen LogP contribution >= 0.6 is 39.0 Å². The van der Waals surface area contributed by atoms with Gasteiger partial charge in [0.1, 0.15) is 4.70 Å². The Morgan fingerprint density at radius 1 is 1.06 bits per heavy atom. The Kier molecular flexibility index (Phi) is 5.69. The summed E-state index contributed by atoms with van der Waals surface area (Å²) in [5.41, 5.74) is 3.27. The van der Waals surface area contributed by atoms with E-state index in [9.17, 15) is 4.79 Å². The molecule has 0 bridgehead atoms. The van der Waals surface area contributed by atoms with E-state index in [2.05, 4.69) is 57.3 Å². The van der Waals surface area contributed by atoms with Gasteiger partial charge in [0.2, 0.25) is 5.78 Å². The molecule has 0 aliphatic rings. The highest BCUT2D eigenvalue weighted by atomic mass is 79.9. The summed E-state index contributed by atoms with van der Waals surface area (Å²) in [5.74, 6) is 1.55. The van der Waals surface area contributed by atoms with Crippen molar-refractivity contribution < 1.29 is 0 Å². The highest BCUT2D eigenvalue weighted by Crippen LogP contribution is 2.28. The first kappa shape index (κ1) is 20.5. The van der Waals surface area contributed by atoms with Crippen molar-refractivity contribution in [2.75, 3.05) is 0 Å². The van der Waals surface area contributed by atoms with E-state index in [0.717, 1.165) is 25.6 Å². The van der Waals surface area contributed by atoms with Crippen molar-refractivity contribution >= 4 is 55.0 Å². The van der Waals surface area contributed by atoms with Gasteiger partial charge in [-0.05, 0) is 40.6 Å². The van der Waals surface area contributed by atoms with Crippen LogP contribution in [0.25, 0.3) is 16.0 Å². The highest BCUT2D eigenvalue weighted by molar-refractivity contribution is 9.10. The molecule has 0 aliphatic heterocycles. The molecule has 2 aromatic carbocycles. The fraction of sp³-hybridized carbons (Fsp3) is 0.174. The fourth-order valence-electron chi connectivity index (χ4n) is 3.65. The van der Waals surface area contributed by atoms with Gasteiger partial charge < -0.3 is 0 Å². The Labute approximate surface area is 195 Å². The van der Waals surface area contributed by atoms with Crippen LogP contribution in [0.1, 0.15) is 24.0 Å². The van der Waals surface area contributed by atoms with Gasteiger partial charge in [0, 0.05) is 16.8 Å². The largest absolute Gasteiger partial charge is 0.275 e.